The molecule has 0 fully saturated rings. The van der Waals surface area contributed by atoms with Gasteiger partial charge in [-0.3, -0.25) is 4.79 Å². The van der Waals surface area contributed by atoms with E-state index in [-0.39, 0.29) is 0 Å². The van der Waals surface area contributed by atoms with Gasteiger partial charge in [-0.1, -0.05) is 6.07 Å². The predicted octanol–water partition coefficient (Wildman–Crippen LogP) is 1.27. The molecule has 0 atom stereocenters. The topological polar surface area (TPSA) is 73.1 Å². The zero-order chi connectivity index (χ0) is 11.5. The number of nitriles is 1. The van der Waals surface area contributed by atoms with Gasteiger partial charge in [0.15, 0.2) is 0 Å². The molecule has 4 heteroatoms. The van der Waals surface area contributed by atoms with E-state index < -0.39 is 11.5 Å². The van der Waals surface area contributed by atoms with E-state index in [0.29, 0.717) is 11.3 Å². The van der Waals surface area contributed by atoms with Crippen LogP contribution in [-0.2, 0) is 4.79 Å². The number of hydrogen-bond donors (Lipinski definition) is 2. The Kier molecular flexibility index (Phi) is 3.08. The van der Waals surface area contributed by atoms with Gasteiger partial charge in [0.05, 0.1) is 11.6 Å². The molecule has 15 heavy (non-hydrogen) atoms. The largest absolute Gasteiger partial charge is 0.381 e. The maximum atomic E-state index is 11.4. The Balaban J connectivity index is 2.83. The first-order chi connectivity index (χ1) is 6.93. The van der Waals surface area contributed by atoms with E-state index in [0.717, 1.165) is 0 Å². The fraction of sp³-hybridized carbons (Fsp3) is 0.273. The molecule has 0 aliphatic heterocycles. The van der Waals surface area contributed by atoms with Crippen LogP contribution in [0.5, 0.6) is 0 Å². The molecule has 0 saturated heterocycles. The highest BCUT2D eigenvalue weighted by Gasteiger charge is 2.23. The summed E-state index contributed by atoms with van der Waals surface area (Å²) in [6.45, 7) is 2.80. The van der Waals surface area contributed by atoms with Crippen LogP contribution in [0.15, 0.2) is 24.3 Å². The Morgan fingerprint density at radius 1 is 1.53 bits per heavy atom. The highest BCUT2D eigenvalue weighted by atomic mass is 16.3. The van der Waals surface area contributed by atoms with Crippen molar-refractivity contribution >= 4 is 11.6 Å². The Morgan fingerprint density at radius 2 is 2.20 bits per heavy atom. The molecule has 1 amide bonds. The number of benzene rings is 1. The van der Waals surface area contributed by atoms with E-state index >= 15 is 0 Å². The summed E-state index contributed by atoms with van der Waals surface area (Å²) in [4.78, 5) is 11.4. The summed E-state index contributed by atoms with van der Waals surface area (Å²) >= 11 is 0. The van der Waals surface area contributed by atoms with Crippen LogP contribution in [0.25, 0.3) is 0 Å². The smallest absolute Gasteiger partial charge is 0.255 e. The Morgan fingerprint density at radius 3 is 2.73 bits per heavy atom. The molecule has 0 aliphatic carbocycles. The van der Waals surface area contributed by atoms with Crippen LogP contribution < -0.4 is 5.32 Å². The first-order valence-electron chi connectivity index (χ1n) is 4.47. The van der Waals surface area contributed by atoms with E-state index in [9.17, 15) is 9.90 Å². The third-order valence-electron chi connectivity index (χ3n) is 1.81. The quantitative estimate of drug-likeness (QED) is 0.761. The maximum absolute atomic E-state index is 11.4. The van der Waals surface area contributed by atoms with Crippen molar-refractivity contribution < 1.29 is 9.90 Å². The van der Waals surface area contributed by atoms with Gasteiger partial charge < -0.3 is 10.4 Å². The molecular weight excluding hydrogens is 192 g/mol. The molecule has 0 heterocycles. The van der Waals surface area contributed by atoms with E-state index in [1.807, 2.05) is 6.07 Å². The van der Waals surface area contributed by atoms with Gasteiger partial charge >= 0.3 is 0 Å². The average Bonchev–Trinajstić information content (AvgIpc) is 2.16. The number of nitrogens with zero attached hydrogens (tertiary/aromatic N) is 1. The molecule has 0 unspecified atom stereocenters. The molecule has 2 N–H and O–H groups in total. The van der Waals surface area contributed by atoms with E-state index in [4.69, 9.17) is 5.26 Å². The van der Waals surface area contributed by atoms with Crippen molar-refractivity contribution in [2.45, 2.75) is 19.4 Å². The zero-order valence-electron chi connectivity index (χ0n) is 8.61. The van der Waals surface area contributed by atoms with Crippen molar-refractivity contribution in [3.63, 3.8) is 0 Å². The highest BCUT2D eigenvalue weighted by molar-refractivity contribution is 5.96. The van der Waals surface area contributed by atoms with Gasteiger partial charge in [-0.25, -0.2) is 0 Å². The van der Waals surface area contributed by atoms with Gasteiger partial charge in [-0.15, -0.1) is 0 Å². The van der Waals surface area contributed by atoms with Gasteiger partial charge in [0, 0.05) is 5.69 Å². The Hall–Kier alpha value is -1.86. The molecule has 0 saturated carbocycles. The van der Waals surface area contributed by atoms with Gasteiger partial charge in [0.1, 0.15) is 5.60 Å². The number of aliphatic hydroxyl groups is 1. The Bertz CT molecular complexity index is 413. The highest BCUT2D eigenvalue weighted by Crippen LogP contribution is 2.12. The summed E-state index contributed by atoms with van der Waals surface area (Å²) in [6, 6.07) is 8.47. The molecule has 0 bridgehead atoms. The lowest BCUT2D eigenvalue weighted by atomic mass is 10.1. The van der Waals surface area contributed by atoms with Crippen molar-refractivity contribution in [2.24, 2.45) is 0 Å². The number of nitrogens with one attached hydrogen (secondary N) is 1. The molecule has 0 aliphatic rings. The summed E-state index contributed by atoms with van der Waals surface area (Å²) in [5, 5.41) is 20.6. The third-order valence-corrected chi connectivity index (χ3v) is 1.81. The summed E-state index contributed by atoms with van der Waals surface area (Å²) < 4.78 is 0. The SMILES string of the molecule is CC(C)(O)C(=O)Nc1cccc(C#N)c1. The van der Waals surface area contributed by atoms with Gasteiger partial charge in [-0.05, 0) is 32.0 Å². The second-order valence-electron chi connectivity index (χ2n) is 3.71. The second-order valence-corrected chi connectivity index (χ2v) is 3.71. The van der Waals surface area contributed by atoms with Gasteiger partial charge in [-0.2, -0.15) is 5.26 Å². The molecular formula is C11H12N2O2. The summed E-state index contributed by atoms with van der Waals surface area (Å²) in [7, 11) is 0. The van der Waals surface area contributed by atoms with Gasteiger partial charge in [0.2, 0.25) is 0 Å². The fourth-order valence-corrected chi connectivity index (χ4v) is 0.951. The lowest BCUT2D eigenvalue weighted by Gasteiger charge is -2.16. The van der Waals surface area contributed by atoms with Crippen molar-refractivity contribution in [1.29, 1.82) is 5.26 Å². The van der Waals surface area contributed by atoms with Crippen molar-refractivity contribution in [3.8, 4) is 6.07 Å². The normalized spacial score (nSPS) is 10.5. The number of carbonyl (C=O) groups excluding carboxylic acids is 1. The molecule has 1 rings (SSSR count). The standard InChI is InChI=1S/C11H12N2O2/c1-11(2,15)10(14)13-9-5-3-4-8(6-9)7-12/h3-6,15H,1-2H3,(H,13,14). The fourth-order valence-electron chi connectivity index (χ4n) is 0.951. The number of hydrogen-bond acceptors (Lipinski definition) is 3. The minimum absolute atomic E-state index is 0.462. The van der Waals surface area contributed by atoms with Crippen LogP contribution in [0, 0.1) is 11.3 Å². The number of amides is 1. The molecule has 0 spiro atoms. The summed E-state index contributed by atoms with van der Waals surface area (Å²) in [5.41, 5.74) is -0.465. The first kappa shape index (κ1) is 11.2. The summed E-state index contributed by atoms with van der Waals surface area (Å²) in [5.74, 6) is -0.502. The molecule has 1 aromatic rings. The first-order valence-corrected chi connectivity index (χ1v) is 4.47. The lowest BCUT2D eigenvalue weighted by Crippen LogP contribution is -2.36. The summed E-state index contributed by atoms with van der Waals surface area (Å²) in [6.07, 6.45) is 0. The molecule has 78 valence electrons. The average molecular weight is 204 g/mol. The van der Waals surface area contributed by atoms with Gasteiger partial charge in [0.25, 0.3) is 5.91 Å². The predicted molar refractivity (Wildman–Crippen MR) is 56.1 cm³/mol. The molecule has 4 nitrogen and oxygen atoms in total. The molecule has 1 aromatic carbocycles. The van der Waals surface area contributed by atoms with E-state index in [1.165, 1.54) is 13.8 Å². The molecule has 0 aromatic heterocycles. The third kappa shape index (κ3) is 3.08. The van der Waals surface area contributed by atoms with Crippen molar-refractivity contribution in [2.75, 3.05) is 5.32 Å². The minimum Gasteiger partial charge on any atom is -0.381 e. The number of anilines is 1. The van der Waals surface area contributed by atoms with E-state index in [1.54, 1.807) is 24.3 Å². The van der Waals surface area contributed by atoms with Crippen LogP contribution in [0.2, 0.25) is 0 Å². The van der Waals surface area contributed by atoms with Crippen molar-refractivity contribution in [1.82, 2.24) is 0 Å². The Labute approximate surface area is 88.2 Å². The van der Waals surface area contributed by atoms with Crippen LogP contribution >= 0.6 is 0 Å². The zero-order valence-corrected chi connectivity index (χ0v) is 8.61. The number of carbonyl (C=O) groups is 1. The number of rotatable bonds is 2. The van der Waals surface area contributed by atoms with Crippen LogP contribution in [-0.4, -0.2) is 16.6 Å². The van der Waals surface area contributed by atoms with Crippen LogP contribution in [0.1, 0.15) is 19.4 Å². The molecule has 0 radical (unpaired) electrons. The minimum atomic E-state index is -1.43. The van der Waals surface area contributed by atoms with Crippen LogP contribution in [0.4, 0.5) is 5.69 Å². The monoisotopic (exact) mass is 204 g/mol. The van der Waals surface area contributed by atoms with Crippen LogP contribution in [0.3, 0.4) is 0 Å². The lowest BCUT2D eigenvalue weighted by molar-refractivity contribution is -0.130. The second kappa shape index (κ2) is 4.11. The van der Waals surface area contributed by atoms with Crippen molar-refractivity contribution in [3.05, 3.63) is 29.8 Å². The van der Waals surface area contributed by atoms with E-state index in [2.05, 4.69) is 5.32 Å². The maximum Gasteiger partial charge on any atom is 0.255 e.